The van der Waals surface area contributed by atoms with Gasteiger partial charge in [0.25, 0.3) is 0 Å². The monoisotopic (exact) mass is 216 g/mol. The molecule has 1 heterocycles. The average Bonchev–Trinajstić information content (AvgIpc) is 2.47. The van der Waals surface area contributed by atoms with Crippen LogP contribution in [0, 0.1) is 6.92 Å². The van der Waals surface area contributed by atoms with Crippen LogP contribution in [0.4, 0.5) is 5.69 Å². The van der Waals surface area contributed by atoms with E-state index in [4.69, 9.17) is 0 Å². The molecule has 0 aromatic heterocycles. The summed E-state index contributed by atoms with van der Waals surface area (Å²) in [6.07, 6.45) is 6.17. The first-order chi connectivity index (χ1) is 7.55. The molecule has 0 aliphatic carbocycles. The molecular formula is C15H22N+. The second-order valence-electron chi connectivity index (χ2n) is 5.25. The Hall–Kier alpha value is -1.08. The first kappa shape index (κ1) is 11.4. The Labute approximate surface area is 99.0 Å². The maximum atomic E-state index is 2.39. The fraction of sp³-hybridized carbons (Fsp3) is 0.467. The molecule has 0 saturated heterocycles. The normalized spacial score (nSPS) is 17.1. The number of hydrogen-bond donors (Lipinski definition) is 0. The van der Waals surface area contributed by atoms with Crippen molar-refractivity contribution < 1.29 is 0 Å². The standard InChI is InChI=1S/C15H22N/c1-5-6-7-14-11-13-10-12(2)8-9-15(13)16(14,3)4/h8-11H,5-7H2,1-4H3/q+1. The number of nitrogens with zero attached hydrogens (tertiary/aromatic N) is 1. The predicted octanol–water partition coefficient (Wildman–Crippen LogP) is 4.11. The van der Waals surface area contributed by atoms with Crippen LogP contribution in [0.15, 0.2) is 23.9 Å². The molecule has 0 unspecified atom stereocenters. The van der Waals surface area contributed by atoms with E-state index in [9.17, 15) is 0 Å². The van der Waals surface area contributed by atoms with Gasteiger partial charge >= 0.3 is 0 Å². The maximum Gasteiger partial charge on any atom is 0.144 e. The third-order valence-electron chi connectivity index (χ3n) is 3.61. The van der Waals surface area contributed by atoms with Crippen molar-refractivity contribution in [2.24, 2.45) is 0 Å². The van der Waals surface area contributed by atoms with Crippen LogP contribution in [0.1, 0.15) is 37.3 Å². The first-order valence-corrected chi connectivity index (χ1v) is 6.22. The van der Waals surface area contributed by atoms with Crippen molar-refractivity contribution in [1.29, 1.82) is 0 Å². The number of hydrogen-bond acceptors (Lipinski definition) is 0. The molecule has 16 heavy (non-hydrogen) atoms. The molecule has 1 aliphatic rings. The van der Waals surface area contributed by atoms with Crippen LogP contribution in [0.25, 0.3) is 6.08 Å². The van der Waals surface area contributed by atoms with Crippen LogP contribution in [0.5, 0.6) is 0 Å². The molecule has 2 rings (SSSR count). The number of aryl methyl sites for hydroxylation is 1. The topological polar surface area (TPSA) is 0 Å². The molecule has 1 heteroatoms. The van der Waals surface area contributed by atoms with Gasteiger partial charge in [-0.25, -0.2) is 0 Å². The second-order valence-corrected chi connectivity index (χ2v) is 5.25. The Morgan fingerprint density at radius 2 is 1.94 bits per heavy atom. The number of quaternary nitrogens is 1. The highest BCUT2D eigenvalue weighted by Gasteiger charge is 2.32. The Bertz CT molecular complexity index is 427. The van der Waals surface area contributed by atoms with Gasteiger partial charge in [-0.2, -0.15) is 0 Å². The minimum Gasteiger partial charge on any atom is -0.267 e. The van der Waals surface area contributed by atoms with Gasteiger partial charge in [0.1, 0.15) is 11.4 Å². The summed E-state index contributed by atoms with van der Waals surface area (Å²) in [5.74, 6) is 0. The lowest BCUT2D eigenvalue weighted by molar-refractivity contribution is 0.478. The molecule has 0 fully saturated rings. The summed E-state index contributed by atoms with van der Waals surface area (Å²) in [6, 6.07) is 6.80. The van der Waals surface area contributed by atoms with E-state index in [-0.39, 0.29) is 0 Å². The SMILES string of the molecule is CCCCC1=Cc2cc(C)ccc2[N+]1(C)C. The van der Waals surface area contributed by atoms with Gasteiger partial charge in [-0.05, 0) is 19.4 Å². The molecule has 0 N–H and O–H groups in total. The third-order valence-corrected chi connectivity index (χ3v) is 3.61. The number of allylic oxidation sites excluding steroid dienone is 1. The molecule has 0 spiro atoms. The van der Waals surface area contributed by atoms with Crippen molar-refractivity contribution >= 4 is 11.8 Å². The van der Waals surface area contributed by atoms with Crippen molar-refractivity contribution in [3.63, 3.8) is 0 Å². The summed E-state index contributed by atoms with van der Waals surface area (Å²) in [5, 5.41) is 0. The lowest BCUT2D eigenvalue weighted by Crippen LogP contribution is -2.37. The molecule has 0 radical (unpaired) electrons. The van der Waals surface area contributed by atoms with Crippen LogP contribution < -0.4 is 4.48 Å². The molecule has 86 valence electrons. The van der Waals surface area contributed by atoms with Gasteiger partial charge < -0.3 is 0 Å². The van der Waals surface area contributed by atoms with Gasteiger partial charge in [0.05, 0.1) is 14.1 Å². The summed E-state index contributed by atoms with van der Waals surface area (Å²) >= 11 is 0. The van der Waals surface area contributed by atoms with E-state index in [0.29, 0.717) is 0 Å². The second kappa shape index (κ2) is 4.06. The number of rotatable bonds is 3. The largest absolute Gasteiger partial charge is 0.267 e. The summed E-state index contributed by atoms with van der Waals surface area (Å²) in [4.78, 5) is 0. The van der Waals surface area contributed by atoms with Crippen LogP contribution in [0.3, 0.4) is 0 Å². The van der Waals surface area contributed by atoms with Crippen molar-refractivity contribution in [3.05, 3.63) is 35.0 Å². The van der Waals surface area contributed by atoms with Gasteiger partial charge in [0.2, 0.25) is 0 Å². The smallest absolute Gasteiger partial charge is 0.144 e. The molecule has 0 saturated carbocycles. The zero-order chi connectivity index (χ0) is 11.8. The van der Waals surface area contributed by atoms with Gasteiger partial charge in [-0.15, -0.1) is 0 Å². The average molecular weight is 216 g/mol. The third kappa shape index (κ3) is 1.80. The van der Waals surface area contributed by atoms with Gasteiger partial charge in [-0.1, -0.05) is 25.0 Å². The molecule has 0 amide bonds. The Balaban J connectivity index is 2.36. The van der Waals surface area contributed by atoms with E-state index >= 15 is 0 Å². The van der Waals surface area contributed by atoms with E-state index < -0.39 is 0 Å². The molecule has 1 nitrogen and oxygen atoms in total. The summed E-state index contributed by atoms with van der Waals surface area (Å²) < 4.78 is 0.940. The number of unbranched alkanes of at least 4 members (excludes halogenated alkanes) is 1. The van der Waals surface area contributed by atoms with Crippen LogP contribution in [0.2, 0.25) is 0 Å². The van der Waals surface area contributed by atoms with Gasteiger partial charge in [-0.3, -0.25) is 4.48 Å². The molecular weight excluding hydrogens is 194 g/mol. The highest BCUT2D eigenvalue weighted by molar-refractivity contribution is 5.76. The Morgan fingerprint density at radius 1 is 1.19 bits per heavy atom. The summed E-state index contributed by atoms with van der Waals surface area (Å²) in [5.41, 5.74) is 5.75. The first-order valence-electron chi connectivity index (χ1n) is 6.22. The predicted molar refractivity (Wildman–Crippen MR) is 72.3 cm³/mol. The molecule has 1 aliphatic heterocycles. The lowest BCUT2D eigenvalue weighted by atomic mass is 10.1. The van der Waals surface area contributed by atoms with Crippen molar-refractivity contribution in [3.8, 4) is 0 Å². The minimum atomic E-state index is 0.940. The molecule has 0 atom stereocenters. The fourth-order valence-electron chi connectivity index (χ4n) is 2.50. The van der Waals surface area contributed by atoms with Crippen LogP contribution in [-0.2, 0) is 0 Å². The minimum absolute atomic E-state index is 0.940. The van der Waals surface area contributed by atoms with E-state index in [2.05, 4.69) is 52.2 Å². The summed E-state index contributed by atoms with van der Waals surface area (Å²) in [6.45, 7) is 4.42. The summed E-state index contributed by atoms with van der Waals surface area (Å²) in [7, 11) is 4.59. The fourth-order valence-corrected chi connectivity index (χ4v) is 2.50. The molecule has 1 aromatic rings. The zero-order valence-electron chi connectivity index (χ0n) is 10.9. The molecule has 1 aromatic carbocycles. The van der Waals surface area contributed by atoms with Crippen molar-refractivity contribution in [2.75, 3.05) is 14.1 Å². The van der Waals surface area contributed by atoms with E-state index in [1.54, 1.807) is 5.70 Å². The van der Waals surface area contributed by atoms with E-state index in [1.165, 1.54) is 36.1 Å². The number of fused-ring (bicyclic) bond motifs is 1. The van der Waals surface area contributed by atoms with E-state index in [0.717, 1.165) is 4.48 Å². The highest BCUT2D eigenvalue weighted by atomic mass is 15.3. The maximum absolute atomic E-state index is 2.39. The van der Waals surface area contributed by atoms with Crippen LogP contribution in [-0.4, -0.2) is 14.1 Å². The highest BCUT2D eigenvalue weighted by Crippen LogP contribution is 2.39. The van der Waals surface area contributed by atoms with Crippen LogP contribution >= 0.6 is 0 Å². The quantitative estimate of drug-likeness (QED) is 0.667. The Kier molecular flexibility index (Phi) is 2.90. The van der Waals surface area contributed by atoms with Gasteiger partial charge in [0, 0.05) is 24.1 Å². The lowest BCUT2D eigenvalue weighted by Gasteiger charge is -2.27. The van der Waals surface area contributed by atoms with E-state index in [1.807, 2.05) is 0 Å². The van der Waals surface area contributed by atoms with Gasteiger partial charge in [0.15, 0.2) is 0 Å². The van der Waals surface area contributed by atoms with Crippen molar-refractivity contribution in [1.82, 2.24) is 4.48 Å². The van der Waals surface area contributed by atoms with Crippen molar-refractivity contribution in [2.45, 2.75) is 33.1 Å². The molecule has 0 bridgehead atoms. The zero-order valence-corrected chi connectivity index (χ0v) is 10.9. The Morgan fingerprint density at radius 3 is 2.62 bits per heavy atom. The number of benzene rings is 1.